The van der Waals surface area contributed by atoms with Crippen molar-refractivity contribution in [1.29, 1.82) is 0 Å². The Bertz CT molecular complexity index is 667. The Kier molecular flexibility index (Phi) is 4.20. The first-order valence-corrected chi connectivity index (χ1v) is 6.64. The molecule has 0 aliphatic carbocycles. The molecule has 0 spiro atoms. The van der Waals surface area contributed by atoms with Crippen molar-refractivity contribution in [3.8, 4) is 0 Å². The minimum absolute atomic E-state index is 0.0580. The van der Waals surface area contributed by atoms with Gasteiger partial charge in [-0.05, 0) is 38.1 Å². The number of furan rings is 1. The minimum Gasteiger partial charge on any atom is -0.463 e. The molecule has 2 rings (SSSR count). The van der Waals surface area contributed by atoms with Crippen molar-refractivity contribution in [3.05, 3.63) is 57.0 Å². The van der Waals surface area contributed by atoms with Crippen LogP contribution in [0.4, 0.5) is 11.4 Å². The zero-order chi connectivity index (χ0) is 15.6. The molecule has 0 fully saturated rings. The number of hydrogen-bond acceptors (Lipinski definition) is 5. The smallest absolute Gasteiger partial charge is 0.293 e. The van der Waals surface area contributed by atoms with Crippen molar-refractivity contribution in [3.63, 3.8) is 0 Å². The van der Waals surface area contributed by atoms with Gasteiger partial charge in [-0.2, -0.15) is 0 Å². The van der Waals surface area contributed by atoms with Crippen LogP contribution in [0, 0.1) is 17.0 Å². The zero-order valence-corrected chi connectivity index (χ0v) is 12.3. The molecule has 1 unspecified atom stereocenters. The quantitative estimate of drug-likeness (QED) is 0.652. The number of nitrogens with zero attached hydrogens (tertiary/aromatic N) is 1. The summed E-state index contributed by atoms with van der Waals surface area (Å²) in [7, 11) is 0. The molecule has 0 aliphatic rings. The van der Waals surface area contributed by atoms with E-state index < -0.39 is 10.5 Å². The van der Waals surface area contributed by atoms with Crippen LogP contribution in [-0.2, 0) is 5.60 Å². The fourth-order valence-corrected chi connectivity index (χ4v) is 2.05. The van der Waals surface area contributed by atoms with Crippen LogP contribution in [0.5, 0.6) is 0 Å². The third-order valence-corrected chi connectivity index (χ3v) is 3.29. The summed E-state index contributed by atoms with van der Waals surface area (Å²) in [5, 5.41) is 24.5. The van der Waals surface area contributed by atoms with E-state index in [1.54, 1.807) is 32.0 Å². The number of nitro groups is 1. The van der Waals surface area contributed by atoms with Gasteiger partial charge in [-0.1, -0.05) is 11.6 Å². The Balaban J connectivity index is 2.18. The van der Waals surface area contributed by atoms with Crippen LogP contribution in [0.2, 0.25) is 5.02 Å². The van der Waals surface area contributed by atoms with Crippen LogP contribution in [0.1, 0.15) is 18.4 Å². The maximum Gasteiger partial charge on any atom is 0.293 e. The van der Waals surface area contributed by atoms with Gasteiger partial charge in [-0.3, -0.25) is 10.1 Å². The zero-order valence-electron chi connectivity index (χ0n) is 11.6. The summed E-state index contributed by atoms with van der Waals surface area (Å²) < 4.78 is 5.39. The Morgan fingerprint density at radius 3 is 2.71 bits per heavy atom. The van der Waals surface area contributed by atoms with Crippen LogP contribution in [-0.4, -0.2) is 16.6 Å². The van der Waals surface area contributed by atoms with Gasteiger partial charge in [0.15, 0.2) is 0 Å². The number of nitro benzene ring substituents is 1. The predicted octanol–water partition coefficient (Wildman–Crippen LogP) is 3.47. The summed E-state index contributed by atoms with van der Waals surface area (Å²) in [6, 6.07) is 7.73. The highest BCUT2D eigenvalue weighted by Crippen LogP contribution is 2.29. The summed E-state index contributed by atoms with van der Waals surface area (Å²) in [6.07, 6.45) is 0. The molecule has 112 valence electrons. The molecule has 0 saturated heterocycles. The number of halogens is 1. The topological polar surface area (TPSA) is 88.5 Å². The second-order valence-corrected chi connectivity index (χ2v) is 5.39. The van der Waals surface area contributed by atoms with Crippen LogP contribution in [0.25, 0.3) is 0 Å². The number of anilines is 1. The van der Waals surface area contributed by atoms with Gasteiger partial charge in [-0.25, -0.2) is 0 Å². The average Bonchev–Trinajstić information content (AvgIpc) is 2.84. The Morgan fingerprint density at radius 1 is 1.43 bits per heavy atom. The number of aliphatic hydroxyl groups is 1. The Morgan fingerprint density at radius 2 is 2.14 bits per heavy atom. The van der Waals surface area contributed by atoms with Gasteiger partial charge in [0.1, 0.15) is 22.8 Å². The molecule has 2 aromatic rings. The minimum atomic E-state index is -1.29. The predicted molar refractivity (Wildman–Crippen MR) is 79.6 cm³/mol. The molecule has 21 heavy (non-hydrogen) atoms. The highest BCUT2D eigenvalue weighted by Gasteiger charge is 2.27. The van der Waals surface area contributed by atoms with E-state index in [1.807, 2.05) is 0 Å². The molecule has 0 aliphatic heterocycles. The summed E-state index contributed by atoms with van der Waals surface area (Å²) in [4.78, 5) is 10.5. The number of hydrogen-bond donors (Lipinski definition) is 2. The number of nitrogens with one attached hydrogen (secondary N) is 1. The lowest BCUT2D eigenvalue weighted by Gasteiger charge is -2.21. The summed E-state index contributed by atoms with van der Waals surface area (Å²) >= 11 is 5.75. The van der Waals surface area contributed by atoms with Crippen molar-refractivity contribution < 1.29 is 14.4 Å². The number of benzene rings is 1. The molecule has 1 aromatic heterocycles. The van der Waals surface area contributed by atoms with Crippen LogP contribution in [0.15, 0.2) is 34.7 Å². The third kappa shape index (κ3) is 3.53. The molecule has 7 heteroatoms. The molecule has 0 saturated carbocycles. The van der Waals surface area contributed by atoms with Gasteiger partial charge in [0, 0.05) is 11.1 Å². The lowest BCUT2D eigenvalue weighted by atomic mass is 10.0. The van der Waals surface area contributed by atoms with Crippen LogP contribution >= 0.6 is 11.6 Å². The molecule has 1 aromatic carbocycles. The summed E-state index contributed by atoms with van der Waals surface area (Å²) in [5.74, 6) is 1.08. The van der Waals surface area contributed by atoms with Crippen LogP contribution < -0.4 is 5.32 Å². The molecule has 0 bridgehead atoms. The Hall–Kier alpha value is -2.05. The molecule has 0 radical (unpaired) electrons. The van der Waals surface area contributed by atoms with Crippen molar-refractivity contribution in [2.24, 2.45) is 0 Å². The largest absolute Gasteiger partial charge is 0.463 e. The van der Waals surface area contributed by atoms with Crippen molar-refractivity contribution in [2.45, 2.75) is 19.4 Å². The number of aryl methyl sites for hydroxylation is 1. The van der Waals surface area contributed by atoms with Gasteiger partial charge < -0.3 is 14.8 Å². The molecule has 1 atom stereocenters. The van der Waals surface area contributed by atoms with Gasteiger partial charge >= 0.3 is 0 Å². The van der Waals surface area contributed by atoms with E-state index in [1.165, 1.54) is 12.1 Å². The highest BCUT2D eigenvalue weighted by molar-refractivity contribution is 6.30. The standard InChI is InChI=1S/C14H15ClN2O4/c1-9-3-6-13(21-9)14(2,18)8-16-11-5-4-10(15)7-12(11)17(19)20/h3-7,16,18H,8H2,1-2H3. The van der Waals surface area contributed by atoms with Gasteiger partial charge in [0.2, 0.25) is 0 Å². The molecule has 0 amide bonds. The first-order valence-electron chi connectivity index (χ1n) is 6.27. The van der Waals surface area contributed by atoms with Crippen molar-refractivity contribution >= 4 is 23.0 Å². The normalized spacial score (nSPS) is 13.7. The van der Waals surface area contributed by atoms with E-state index in [2.05, 4.69) is 5.32 Å². The number of rotatable bonds is 5. The molecular weight excluding hydrogens is 296 g/mol. The maximum absolute atomic E-state index is 11.0. The fourth-order valence-electron chi connectivity index (χ4n) is 1.88. The van der Waals surface area contributed by atoms with E-state index in [-0.39, 0.29) is 22.9 Å². The second kappa shape index (κ2) is 5.75. The molecule has 1 heterocycles. The lowest BCUT2D eigenvalue weighted by molar-refractivity contribution is -0.384. The van der Waals surface area contributed by atoms with Gasteiger partial charge in [0.25, 0.3) is 5.69 Å². The maximum atomic E-state index is 11.0. The summed E-state index contributed by atoms with van der Waals surface area (Å²) in [6.45, 7) is 3.40. The summed E-state index contributed by atoms with van der Waals surface area (Å²) in [5.41, 5.74) is -1.15. The van der Waals surface area contributed by atoms with E-state index in [0.29, 0.717) is 11.5 Å². The monoisotopic (exact) mass is 310 g/mol. The first kappa shape index (κ1) is 15.3. The van der Waals surface area contributed by atoms with Gasteiger partial charge in [-0.15, -0.1) is 0 Å². The van der Waals surface area contributed by atoms with Crippen molar-refractivity contribution in [2.75, 3.05) is 11.9 Å². The van der Waals surface area contributed by atoms with Gasteiger partial charge in [0.05, 0.1) is 11.5 Å². The van der Waals surface area contributed by atoms with E-state index in [9.17, 15) is 15.2 Å². The van der Waals surface area contributed by atoms with Crippen LogP contribution in [0.3, 0.4) is 0 Å². The SMILES string of the molecule is Cc1ccc(C(C)(O)CNc2ccc(Cl)cc2[N+](=O)[O-])o1. The second-order valence-electron chi connectivity index (χ2n) is 4.96. The Labute approximate surface area is 126 Å². The molecule has 6 nitrogen and oxygen atoms in total. The van der Waals surface area contributed by atoms with E-state index >= 15 is 0 Å². The van der Waals surface area contributed by atoms with Crippen molar-refractivity contribution in [1.82, 2.24) is 0 Å². The first-order chi connectivity index (χ1) is 9.79. The van der Waals surface area contributed by atoms with E-state index in [4.69, 9.17) is 16.0 Å². The third-order valence-electron chi connectivity index (χ3n) is 3.05. The average molecular weight is 311 g/mol. The van der Waals surface area contributed by atoms with E-state index in [0.717, 1.165) is 0 Å². The fraction of sp³-hybridized carbons (Fsp3) is 0.286. The molecule has 2 N–H and O–H groups in total. The molecular formula is C14H15ClN2O4. The lowest BCUT2D eigenvalue weighted by Crippen LogP contribution is -2.30. The highest BCUT2D eigenvalue weighted by atomic mass is 35.5.